The van der Waals surface area contributed by atoms with E-state index in [0.717, 1.165) is 11.1 Å². The molecule has 0 bridgehead atoms. The lowest BCUT2D eigenvalue weighted by molar-refractivity contribution is 0.299. The van der Waals surface area contributed by atoms with Crippen molar-refractivity contribution in [3.05, 3.63) is 88.7 Å². The van der Waals surface area contributed by atoms with Crippen molar-refractivity contribution in [2.75, 3.05) is 13.2 Å². The van der Waals surface area contributed by atoms with E-state index in [4.69, 9.17) is 20.9 Å². The first kappa shape index (κ1) is 20.9. The van der Waals surface area contributed by atoms with E-state index < -0.39 is 0 Å². The Labute approximate surface area is 185 Å². The van der Waals surface area contributed by atoms with Gasteiger partial charge in [0, 0.05) is 5.56 Å². The number of terminal acetylenes is 1. The molecule has 0 aliphatic rings. The maximum Gasteiger partial charge on any atom is 0.282 e. The molecule has 0 atom stereocenters. The van der Waals surface area contributed by atoms with Crippen molar-refractivity contribution in [3.63, 3.8) is 0 Å². The fourth-order valence-electron chi connectivity index (χ4n) is 3.24. The molecular formula is C26H21N3O3. The average Bonchev–Trinajstić information content (AvgIpc) is 2.83. The van der Waals surface area contributed by atoms with Crippen LogP contribution in [0.2, 0.25) is 0 Å². The molecule has 0 saturated carbocycles. The van der Waals surface area contributed by atoms with Crippen molar-refractivity contribution in [2.24, 2.45) is 5.10 Å². The van der Waals surface area contributed by atoms with Crippen LogP contribution in [-0.4, -0.2) is 29.1 Å². The lowest BCUT2D eigenvalue weighted by atomic mass is 10.2. The van der Waals surface area contributed by atoms with E-state index in [-0.39, 0.29) is 12.2 Å². The highest BCUT2D eigenvalue weighted by molar-refractivity contribution is 5.82. The fourth-order valence-corrected chi connectivity index (χ4v) is 3.24. The van der Waals surface area contributed by atoms with Crippen molar-refractivity contribution in [3.8, 4) is 35.2 Å². The molecule has 1 aromatic heterocycles. The number of ether oxygens (including phenoxy) is 2. The van der Waals surface area contributed by atoms with Crippen LogP contribution in [0.5, 0.6) is 11.5 Å². The van der Waals surface area contributed by atoms with Gasteiger partial charge in [0.15, 0.2) is 17.3 Å². The van der Waals surface area contributed by atoms with Crippen molar-refractivity contribution < 1.29 is 9.47 Å². The normalized spacial score (nSPS) is 10.9. The second kappa shape index (κ2) is 9.63. The fraction of sp³-hybridized carbons (Fsp3) is 0.115. The molecule has 32 heavy (non-hydrogen) atoms. The van der Waals surface area contributed by atoms with Gasteiger partial charge in [0.2, 0.25) is 0 Å². The molecule has 0 N–H and O–H groups in total. The van der Waals surface area contributed by atoms with Crippen LogP contribution in [-0.2, 0) is 0 Å². The molecule has 0 fully saturated rings. The highest BCUT2D eigenvalue weighted by Gasteiger charge is 2.12. The van der Waals surface area contributed by atoms with Crippen LogP contribution in [0.4, 0.5) is 0 Å². The summed E-state index contributed by atoms with van der Waals surface area (Å²) in [4.78, 5) is 17.9. The van der Waals surface area contributed by atoms with E-state index in [9.17, 15) is 4.79 Å². The summed E-state index contributed by atoms with van der Waals surface area (Å²) in [5.74, 6) is 4.01. The van der Waals surface area contributed by atoms with Gasteiger partial charge in [-0.2, -0.15) is 9.78 Å². The third-order valence-electron chi connectivity index (χ3n) is 4.69. The Balaban J connectivity index is 1.80. The van der Waals surface area contributed by atoms with E-state index in [0.29, 0.717) is 34.8 Å². The summed E-state index contributed by atoms with van der Waals surface area (Å²) in [6.45, 7) is 2.50. The van der Waals surface area contributed by atoms with Gasteiger partial charge in [-0.3, -0.25) is 4.79 Å². The maximum absolute atomic E-state index is 13.2. The van der Waals surface area contributed by atoms with Crippen LogP contribution in [0.25, 0.3) is 22.3 Å². The second-order valence-corrected chi connectivity index (χ2v) is 6.81. The van der Waals surface area contributed by atoms with Gasteiger partial charge in [0.1, 0.15) is 6.61 Å². The predicted molar refractivity (Wildman–Crippen MR) is 126 cm³/mol. The Morgan fingerprint density at radius 2 is 1.81 bits per heavy atom. The van der Waals surface area contributed by atoms with Crippen molar-refractivity contribution in [1.29, 1.82) is 0 Å². The Bertz CT molecular complexity index is 1370. The molecular weight excluding hydrogens is 402 g/mol. The molecule has 0 saturated heterocycles. The first-order valence-corrected chi connectivity index (χ1v) is 10.2. The summed E-state index contributed by atoms with van der Waals surface area (Å²) in [6, 6.07) is 22.1. The monoisotopic (exact) mass is 423 g/mol. The molecule has 158 valence electrons. The summed E-state index contributed by atoms with van der Waals surface area (Å²) in [5, 5.41) is 4.98. The van der Waals surface area contributed by atoms with E-state index >= 15 is 0 Å². The standard InChI is InChI=1S/C26H21N3O3/c1-3-16-32-23-15-14-19(17-24(23)31-4-2)18-27-29-25(20-10-6-5-7-11-20)28-22-13-9-8-12-21(22)26(29)30/h1,5-15,17-18H,4,16H2,2H3. The topological polar surface area (TPSA) is 65.7 Å². The molecule has 6 nitrogen and oxygen atoms in total. The minimum absolute atomic E-state index is 0.145. The van der Waals surface area contributed by atoms with Gasteiger partial charge in [0.25, 0.3) is 5.56 Å². The molecule has 0 radical (unpaired) electrons. The van der Waals surface area contributed by atoms with Crippen LogP contribution in [0.1, 0.15) is 12.5 Å². The van der Waals surface area contributed by atoms with Crippen LogP contribution in [0.15, 0.2) is 82.7 Å². The lowest BCUT2D eigenvalue weighted by Gasteiger charge is -2.11. The first-order valence-electron chi connectivity index (χ1n) is 10.2. The zero-order valence-electron chi connectivity index (χ0n) is 17.6. The van der Waals surface area contributed by atoms with Crippen LogP contribution in [0.3, 0.4) is 0 Å². The number of rotatable bonds is 7. The number of hydrogen-bond acceptors (Lipinski definition) is 5. The highest BCUT2D eigenvalue weighted by Crippen LogP contribution is 2.28. The van der Waals surface area contributed by atoms with Gasteiger partial charge < -0.3 is 9.47 Å². The molecule has 0 unspecified atom stereocenters. The molecule has 0 aliphatic heterocycles. The van der Waals surface area contributed by atoms with E-state index in [1.807, 2.05) is 61.5 Å². The maximum atomic E-state index is 13.2. The van der Waals surface area contributed by atoms with E-state index in [1.54, 1.807) is 24.4 Å². The number of benzene rings is 3. The number of nitrogens with zero attached hydrogens (tertiary/aromatic N) is 3. The SMILES string of the molecule is C#CCOc1ccc(C=Nn2c(-c3ccccc3)nc3ccccc3c2=O)cc1OCC. The smallest absolute Gasteiger partial charge is 0.282 e. The Morgan fingerprint density at radius 1 is 1.03 bits per heavy atom. The first-order chi connectivity index (χ1) is 15.7. The van der Waals surface area contributed by atoms with Gasteiger partial charge in [-0.25, -0.2) is 4.98 Å². The zero-order chi connectivity index (χ0) is 22.3. The van der Waals surface area contributed by atoms with Crippen molar-refractivity contribution in [1.82, 2.24) is 9.66 Å². The predicted octanol–water partition coefficient (Wildman–Crippen LogP) is 4.36. The number of fused-ring (bicyclic) bond motifs is 1. The largest absolute Gasteiger partial charge is 0.490 e. The highest BCUT2D eigenvalue weighted by atomic mass is 16.5. The van der Waals surface area contributed by atoms with Gasteiger partial charge in [0.05, 0.1) is 23.7 Å². The van der Waals surface area contributed by atoms with Crippen LogP contribution < -0.4 is 15.0 Å². The second-order valence-electron chi connectivity index (χ2n) is 6.81. The van der Waals surface area contributed by atoms with Gasteiger partial charge >= 0.3 is 0 Å². The Kier molecular flexibility index (Phi) is 6.28. The van der Waals surface area contributed by atoms with Crippen molar-refractivity contribution >= 4 is 17.1 Å². The number of aromatic nitrogens is 2. The Hall–Kier alpha value is -4.37. The minimum Gasteiger partial charge on any atom is -0.490 e. The lowest BCUT2D eigenvalue weighted by Crippen LogP contribution is -2.20. The summed E-state index contributed by atoms with van der Waals surface area (Å²) in [7, 11) is 0. The molecule has 3 aromatic carbocycles. The molecule has 4 rings (SSSR count). The van der Waals surface area contributed by atoms with Crippen LogP contribution in [0, 0.1) is 12.3 Å². The van der Waals surface area contributed by atoms with Crippen LogP contribution >= 0.6 is 0 Å². The molecule has 0 aliphatic carbocycles. The molecule has 4 aromatic rings. The third kappa shape index (κ3) is 4.37. The Morgan fingerprint density at radius 3 is 2.59 bits per heavy atom. The summed E-state index contributed by atoms with van der Waals surface area (Å²) in [5.41, 5.74) is 1.90. The molecule has 1 heterocycles. The quantitative estimate of drug-likeness (QED) is 0.327. The zero-order valence-corrected chi connectivity index (χ0v) is 17.6. The van der Waals surface area contributed by atoms with Crippen molar-refractivity contribution in [2.45, 2.75) is 6.92 Å². The van der Waals surface area contributed by atoms with E-state index in [2.05, 4.69) is 11.0 Å². The van der Waals surface area contributed by atoms with Gasteiger partial charge in [-0.05, 0) is 42.8 Å². The van der Waals surface area contributed by atoms with Gasteiger partial charge in [-0.15, -0.1) is 6.42 Å². The molecule has 0 spiro atoms. The molecule has 6 heteroatoms. The summed E-state index contributed by atoms with van der Waals surface area (Å²) >= 11 is 0. The average molecular weight is 423 g/mol. The summed E-state index contributed by atoms with van der Waals surface area (Å²) in [6.07, 6.45) is 6.88. The molecule has 0 amide bonds. The third-order valence-corrected chi connectivity index (χ3v) is 4.69. The van der Waals surface area contributed by atoms with Gasteiger partial charge in [-0.1, -0.05) is 48.4 Å². The van der Waals surface area contributed by atoms with E-state index in [1.165, 1.54) is 4.68 Å². The summed E-state index contributed by atoms with van der Waals surface area (Å²) < 4.78 is 12.5. The number of hydrogen-bond donors (Lipinski definition) is 0. The number of para-hydroxylation sites is 1. The minimum atomic E-state index is -0.246.